The molecule has 3 rings (SSSR count). The molecule has 0 unspecified atom stereocenters. The van der Waals surface area contributed by atoms with Crippen molar-refractivity contribution in [3.05, 3.63) is 0 Å². The van der Waals surface area contributed by atoms with Crippen LogP contribution in [0.5, 0.6) is 0 Å². The first kappa shape index (κ1) is 9.13. The average molecular weight is 198 g/mol. The van der Waals surface area contributed by atoms with Crippen molar-refractivity contribution < 1.29 is 14.6 Å². The first-order valence-electron chi connectivity index (χ1n) is 5.59. The Labute approximate surface area is 84.4 Å². The topological polar surface area (TPSA) is 38.7 Å². The zero-order valence-electron chi connectivity index (χ0n) is 8.77. The van der Waals surface area contributed by atoms with Gasteiger partial charge in [-0.25, -0.2) is 0 Å². The van der Waals surface area contributed by atoms with E-state index in [1.165, 1.54) is 0 Å². The van der Waals surface area contributed by atoms with Gasteiger partial charge < -0.3 is 14.6 Å². The molecule has 3 aliphatic rings. The second-order valence-corrected chi connectivity index (χ2v) is 5.42. The van der Waals surface area contributed by atoms with Crippen molar-refractivity contribution in [1.29, 1.82) is 0 Å². The van der Waals surface area contributed by atoms with Gasteiger partial charge in [0.25, 0.3) is 0 Å². The van der Waals surface area contributed by atoms with E-state index in [1.54, 1.807) is 0 Å². The van der Waals surface area contributed by atoms with E-state index < -0.39 is 5.79 Å². The Balaban J connectivity index is 1.78. The highest BCUT2D eigenvalue weighted by atomic mass is 16.8. The summed E-state index contributed by atoms with van der Waals surface area (Å²) in [6.07, 6.45) is 3.37. The van der Waals surface area contributed by atoms with Gasteiger partial charge in [-0.15, -0.1) is 0 Å². The molecule has 0 amide bonds. The maximum atomic E-state index is 9.59. The number of aliphatic hydroxyl groups excluding tert-OH is 1. The van der Waals surface area contributed by atoms with Crippen LogP contribution in [-0.2, 0) is 9.47 Å². The van der Waals surface area contributed by atoms with Gasteiger partial charge in [0.15, 0.2) is 5.79 Å². The lowest BCUT2D eigenvalue weighted by Gasteiger charge is -2.21. The molecule has 0 radical (unpaired) electrons. The summed E-state index contributed by atoms with van der Waals surface area (Å²) in [4.78, 5) is 0. The molecule has 0 spiro atoms. The van der Waals surface area contributed by atoms with Gasteiger partial charge in [-0.2, -0.15) is 0 Å². The lowest BCUT2D eigenvalue weighted by Crippen LogP contribution is -2.26. The molecule has 1 saturated heterocycles. The van der Waals surface area contributed by atoms with Gasteiger partial charge in [0.1, 0.15) is 0 Å². The van der Waals surface area contributed by atoms with Crippen LogP contribution in [0.4, 0.5) is 0 Å². The molecule has 2 aliphatic carbocycles. The Morgan fingerprint density at radius 3 is 2.71 bits per heavy atom. The molecule has 0 aromatic heterocycles. The summed E-state index contributed by atoms with van der Waals surface area (Å²) in [6.45, 7) is 3.96. The highest BCUT2D eigenvalue weighted by Gasteiger charge is 2.55. The van der Waals surface area contributed by atoms with Crippen LogP contribution in [0.3, 0.4) is 0 Å². The van der Waals surface area contributed by atoms with Crippen LogP contribution in [0.1, 0.15) is 33.1 Å². The largest absolute Gasteiger partial charge is 0.393 e. The summed E-state index contributed by atoms with van der Waals surface area (Å²) in [5.74, 6) is 0.765. The minimum Gasteiger partial charge on any atom is -0.393 e. The maximum absolute atomic E-state index is 9.59. The Morgan fingerprint density at radius 2 is 1.93 bits per heavy atom. The molecule has 0 aromatic rings. The third kappa shape index (κ3) is 1.23. The Morgan fingerprint density at radius 1 is 1.14 bits per heavy atom. The van der Waals surface area contributed by atoms with Gasteiger partial charge in [-0.1, -0.05) is 0 Å². The summed E-state index contributed by atoms with van der Waals surface area (Å²) in [6, 6.07) is 0. The predicted octanol–water partition coefficient (Wildman–Crippen LogP) is 1.30. The van der Waals surface area contributed by atoms with Crippen LogP contribution in [0.2, 0.25) is 0 Å². The molecule has 2 saturated carbocycles. The van der Waals surface area contributed by atoms with Crippen LogP contribution in [0.25, 0.3) is 0 Å². The first-order valence-corrected chi connectivity index (χ1v) is 5.59. The number of ether oxygens (including phenoxy) is 2. The fourth-order valence-corrected chi connectivity index (χ4v) is 3.51. The summed E-state index contributed by atoms with van der Waals surface area (Å²) >= 11 is 0. The maximum Gasteiger partial charge on any atom is 0.163 e. The standard InChI is InChI=1S/C11H18O3/c1-11(2)13-9-4-6-3-7(12)5-8(6)10(9)14-11/h6-10,12H,3-5H2,1-2H3/t6-,7-,8-,9+,10-/m1/s1. The molecule has 80 valence electrons. The molecule has 1 heterocycles. The number of fused-ring (bicyclic) bond motifs is 3. The van der Waals surface area contributed by atoms with Gasteiger partial charge >= 0.3 is 0 Å². The van der Waals surface area contributed by atoms with Crippen LogP contribution in [-0.4, -0.2) is 29.2 Å². The monoisotopic (exact) mass is 198 g/mol. The third-order valence-electron chi connectivity index (χ3n) is 3.90. The van der Waals surface area contributed by atoms with Crippen LogP contribution < -0.4 is 0 Å². The van der Waals surface area contributed by atoms with E-state index in [0.29, 0.717) is 11.8 Å². The van der Waals surface area contributed by atoms with Gasteiger partial charge in [0.05, 0.1) is 18.3 Å². The van der Waals surface area contributed by atoms with Crippen LogP contribution >= 0.6 is 0 Å². The summed E-state index contributed by atoms with van der Waals surface area (Å²) in [5.41, 5.74) is 0. The number of hydrogen-bond donors (Lipinski definition) is 1. The Hall–Kier alpha value is -0.120. The van der Waals surface area contributed by atoms with E-state index in [-0.39, 0.29) is 18.3 Å². The van der Waals surface area contributed by atoms with Gasteiger partial charge in [0, 0.05) is 0 Å². The quantitative estimate of drug-likeness (QED) is 0.637. The van der Waals surface area contributed by atoms with E-state index in [0.717, 1.165) is 19.3 Å². The number of hydrogen-bond acceptors (Lipinski definition) is 3. The molecule has 3 fully saturated rings. The van der Waals surface area contributed by atoms with Crippen LogP contribution in [0.15, 0.2) is 0 Å². The van der Waals surface area contributed by atoms with Crippen molar-refractivity contribution in [3.63, 3.8) is 0 Å². The summed E-state index contributed by atoms with van der Waals surface area (Å²) in [5, 5.41) is 9.59. The smallest absolute Gasteiger partial charge is 0.163 e. The Kier molecular flexibility index (Phi) is 1.77. The van der Waals surface area contributed by atoms with E-state index in [9.17, 15) is 5.11 Å². The molecule has 1 aliphatic heterocycles. The zero-order valence-corrected chi connectivity index (χ0v) is 8.77. The average Bonchev–Trinajstić information content (AvgIpc) is 2.58. The van der Waals surface area contributed by atoms with E-state index in [4.69, 9.17) is 9.47 Å². The van der Waals surface area contributed by atoms with Crippen LogP contribution in [0, 0.1) is 11.8 Å². The van der Waals surface area contributed by atoms with Crippen molar-refractivity contribution >= 4 is 0 Å². The van der Waals surface area contributed by atoms with Crippen molar-refractivity contribution in [1.82, 2.24) is 0 Å². The highest BCUT2D eigenvalue weighted by molar-refractivity contribution is 5.02. The third-order valence-corrected chi connectivity index (χ3v) is 3.90. The highest BCUT2D eigenvalue weighted by Crippen LogP contribution is 2.51. The second-order valence-electron chi connectivity index (χ2n) is 5.42. The molecule has 1 N–H and O–H groups in total. The molecule has 5 atom stereocenters. The van der Waals surface area contributed by atoms with Crippen molar-refractivity contribution in [2.75, 3.05) is 0 Å². The predicted molar refractivity (Wildman–Crippen MR) is 50.7 cm³/mol. The summed E-state index contributed by atoms with van der Waals surface area (Å²) < 4.78 is 11.7. The molecule has 0 bridgehead atoms. The van der Waals surface area contributed by atoms with Crippen molar-refractivity contribution in [3.8, 4) is 0 Å². The first-order chi connectivity index (χ1) is 6.55. The summed E-state index contributed by atoms with van der Waals surface area (Å²) in [7, 11) is 0. The molecular formula is C11H18O3. The van der Waals surface area contributed by atoms with E-state index >= 15 is 0 Å². The molecular weight excluding hydrogens is 180 g/mol. The molecule has 0 aromatic carbocycles. The zero-order chi connectivity index (χ0) is 9.92. The van der Waals surface area contributed by atoms with Gasteiger partial charge in [-0.05, 0) is 44.9 Å². The van der Waals surface area contributed by atoms with Crippen molar-refractivity contribution in [2.24, 2.45) is 11.8 Å². The minimum absolute atomic E-state index is 0.0988. The fourth-order valence-electron chi connectivity index (χ4n) is 3.51. The van der Waals surface area contributed by atoms with E-state index in [1.807, 2.05) is 13.8 Å². The SMILES string of the molecule is CC1(C)O[C@@H]2[C@@H]3C[C@H](O)C[C@@H]3C[C@@H]2O1. The fraction of sp³-hybridized carbons (Fsp3) is 1.00. The van der Waals surface area contributed by atoms with Crippen molar-refractivity contribution in [2.45, 2.75) is 57.2 Å². The van der Waals surface area contributed by atoms with E-state index in [2.05, 4.69) is 0 Å². The Bertz CT molecular complexity index is 251. The lowest BCUT2D eigenvalue weighted by molar-refractivity contribution is -0.158. The molecule has 14 heavy (non-hydrogen) atoms. The molecule has 3 heteroatoms. The lowest BCUT2D eigenvalue weighted by atomic mass is 9.99. The number of rotatable bonds is 0. The molecule has 3 nitrogen and oxygen atoms in total. The number of aliphatic hydroxyl groups is 1. The van der Waals surface area contributed by atoms with Gasteiger partial charge in [-0.3, -0.25) is 0 Å². The normalized spacial score (nSPS) is 54.6. The van der Waals surface area contributed by atoms with Gasteiger partial charge in [0.2, 0.25) is 0 Å². The minimum atomic E-state index is -0.409. The second kappa shape index (κ2) is 2.71.